The molecule has 0 saturated carbocycles. The lowest BCUT2D eigenvalue weighted by Crippen LogP contribution is -2.34. The zero-order valence-electron chi connectivity index (χ0n) is 7.59. The molecule has 1 aliphatic rings. The van der Waals surface area contributed by atoms with E-state index in [1.54, 1.807) is 12.1 Å². The van der Waals surface area contributed by atoms with Gasteiger partial charge in [-0.05, 0) is 17.7 Å². The van der Waals surface area contributed by atoms with Crippen molar-refractivity contribution in [1.29, 1.82) is 0 Å². The van der Waals surface area contributed by atoms with Crippen molar-refractivity contribution >= 4 is 11.6 Å². The molecule has 0 bridgehead atoms. The lowest BCUT2D eigenvalue weighted by molar-refractivity contribution is 0.0768. The van der Waals surface area contributed by atoms with Gasteiger partial charge in [-0.25, -0.2) is 4.39 Å². The van der Waals surface area contributed by atoms with Crippen LogP contribution < -0.4 is 5.32 Å². The van der Waals surface area contributed by atoms with Crippen molar-refractivity contribution in [2.75, 3.05) is 19.8 Å². The van der Waals surface area contributed by atoms with Gasteiger partial charge < -0.3 is 10.1 Å². The van der Waals surface area contributed by atoms with Crippen LogP contribution in [0, 0.1) is 5.82 Å². The Morgan fingerprint density at radius 3 is 3.00 bits per heavy atom. The Morgan fingerprint density at radius 2 is 2.36 bits per heavy atom. The minimum absolute atomic E-state index is 0.127. The second-order valence-electron chi connectivity index (χ2n) is 3.26. The molecular weight excluding hydrogens is 205 g/mol. The Balaban J connectivity index is 2.18. The minimum Gasteiger partial charge on any atom is -0.378 e. The first-order chi connectivity index (χ1) is 6.77. The molecular formula is C10H11ClFNO. The summed E-state index contributed by atoms with van der Waals surface area (Å²) in [5, 5.41) is 3.44. The highest BCUT2D eigenvalue weighted by atomic mass is 35.5. The molecule has 14 heavy (non-hydrogen) atoms. The summed E-state index contributed by atoms with van der Waals surface area (Å²) in [5.74, 6) is -0.382. The molecule has 2 rings (SSSR count). The fourth-order valence-electron chi connectivity index (χ4n) is 1.51. The number of ether oxygens (including phenoxy) is 1. The van der Waals surface area contributed by atoms with Crippen LogP contribution in [0.15, 0.2) is 18.2 Å². The predicted octanol–water partition coefficient (Wildman–Crippen LogP) is 2.14. The largest absolute Gasteiger partial charge is 0.378 e. The van der Waals surface area contributed by atoms with Crippen LogP contribution in [0.1, 0.15) is 11.6 Å². The molecule has 1 aromatic carbocycles. The van der Waals surface area contributed by atoms with Crippen molar-refractivity contribution in [2.24, 2.45) is 0 Å². The highest BCUT2D eigenvalue weighted by molar-refractivity contribution is 6.30. The van der Waals surface area contributed by atoms with E-state index in [1.165, 1.54) is 6.07 Å². The second-order valence-corrected chi connectivity index (χ2v) is 3.66. The minimum atomic E-state index is -0.382. The van der Waals surface area contributed by atoms with Gasteiger partial charge in [0.15, 0.2) is 0 Å². The molecule has 0 spiro atoms. The molecule has 1 heterocycles. The molecule has 0 amide bonds. The molecule has 2 nitrogen and oxygen atoms in total. The monoisotopic (exact) mass is 215 g/mol. The van der Waals surface area contributed by atoms with Gasteiger partial charge in [0, 0.05) is 6.54 Å². The molecule has 76 valence electrons. The Morgan fingerprint density at radius 1 is 1.50 bits per heavy atom. The normalized spacial score (nSPS) is 22.3. The van der Waals surface area contributed by atoms with Crippen LogP contribution in [0.4, 0.5) is 4.39 Å². The molecule has 1 N–H and O–H groups in total. The fraction of sp³-hybridized carbons (Fsp3) is 0.400. The third-order valence-electron chi connectivity index (χ3n) is 2.27. The molecule has 1 saturated heterocycles. The molecule has 0 radical (unpaired) electrons. The number of hydrogen-bond donors (Lipinski definition) is 1. The van der Waals surface area contributed by atoms with Crippen molar-refractivity contribution in [1.82, 2.24) is 5.32 Å². The van der Waals surface area contributed by atoms with Crippen molar-refractivity contribution in [2.45, 2.75) is 6.04 Å². The molecule has 4 heteroatoms. The zero-order chi connectivity index (χ0) is 9.97. The van der Waals surface area contributed by atoms with Gasteiger partial charge >= 0.3 is 0 Å². The quantitative estimate of drug-likeness (QED) is 0.775. The Bertz CT molecular complexity index is 326. The third kappa shape index (κ3) is 2.05. The van der Waals surface area contributed by atoms with Crippen LogP contribution in [0.3, 0.4) is 0 Å². The molecule has 1 aromatic rings. The van der Waals surface area contributed by atoms with Gasteiger partial charge in [0.1, 0.15) is 5.82 Å². The van der Waals surface area contributed by atoms with Crippen LogP contribution >= 0.6 is 11.6 Å². The molecule has 1 atom stereocenters. The average Bonchev–Trinajstić information content (AvgIpc) is 2.23. The Hall–Kier alpha value is -0.640. The summed E-state index contributed by atoms with van der Waals surface area (Å²) in [4.78, 5) is 0. The SMILES string of the molecule is Fc1ccc([C@H]2COCCN2)cc1Cl. The second kappa shape index (κ2) is 4.26. The van der Waals surface area contributed by atoms with E-state index in [1.807, 2.05) is 0 Å². The molecule has 1 fully saturated rings. The van der Waals surface area contributed by atoms with Gasteiger partial charge in [0.25, 0.3) is 0 Å². The van der Waals surface area contributed by atoms with E-state index in [0.29, 0.717) is 6.61 Å². The summed E-state index contributed by atoms with van der Waals surface area (Å²) >= 11 is 5.69. The van der Waals surface area contributed by atoms with Gasteiger partial charge in [-0.2, -0.15) is 0 Å². The van der Waals surface area contributed by atoms with Crippen molar-refractivity contribution in [3.05, 3.63) is 34.6 Å². The van der Waals surface area contributed by atoms with E-state index in [9.17, 15) is 4.39 Å². The summed E-state index contributed by atoms with van der Waals surface area (Å²) in [5.41, 5.74) is 0.969. The average molecular weight is 216 g/mol. The van der Waals surface area contributed by atoms with E-state index in [-0.39, 0.29) is 16.9 Å². The summed E-state index contributed by atoms with van der Waals surface area (Å²) < 4.78 is 18.2. The molecule has 1 aliphatic heterocycles. The maximum atomic E-state index is 12.9. The molecule has 0 aromatic heterocycles. The summed E-state index contributed by atoms with van der Waals surface area (Å²) in [6.45, 7) is 2.16. The van der Waals surface area contributed by atoms with Crippen LogP contribution in [0.2, 0.25) is 5.02 Å². The Kier molecular flexibility index (Phi) is 3.01. The summed E-state index contributed by atoms with van der Waals surface area (Å²) in [6.07, 6.45) is 0. The smallest absolute Gasteiger partial charge is 0.141 e. The maximum absolute atomic E-state index is 12.9. The highest BCUT2D eigenvalue weighted by Crippen LogP contribution is 2.22. The maximum Gasteiger partial charge on any atom is 0.141 e. The van der Waals surface area contributed by atoms with Gasteiger partial charge in [-0.15, -0.1) is 0 Å². The summed E-state index contributed by atoms with van der Waals surface area (Å²) in [6, 6.07) is 4.88. The van der Waals surface area contributed by atoms with Gasteiger partial charge in [-0.1, -0.05) is 17.7 Å². The fourth-order valence-corrected chi connectivity index (χ4v) is 1.70. The van der Waals surface area contributed by atoms with E-state index < -0.39 is 0 Å². The molecule has 0 aliphatic carbocycles. The van der Waals surface area contributed by atoms with Crippen LogP contribution in [-0.4, -0.2) is 19.8 Å². The first-order valence-electron chi connectivity index (χ1n) is 4.53. The van der Waals surface area contributed by atoms with Crippen molar-refractivity contribution in [3.63, 3.8) is 0 Å². The highest BCUT2D eigenvalue weighted by Gasteiger charge is 2.15. The number of hydrogen-bond acceptors (Lipinski definition) is 2. The van der Waals surface area contributed by atoms with Crippen LogP contribution in [-0.2, 0) is 4.74 Å². The zero-order valence-corrected chi connectivity index (χ0v) is 8.35. The first kappa shape index (κ1) is 9.90. The number of halogens is 2. The lowest BCUT2D eigenvalue weighted by atomic mass is 10.1. The van der Waals surface area contributed by atoms with E-state index in [2.05, 4.69) is 5.32 Å². The first-order valence-corrected chi connectivity index (χ1v) is 4.91. The lowest BCUT2D eigenvalue weighted by Gasteiger charge is -2.24. The number of morpholine rings is 1. The number of benzene rings is 1. The van der Waals surface area contributed by atoms with Crippen LogP contribution in [0.25, 0.3) is 0 Å². The van der Waals surface area contributed by atoms with Gasteiger partial charge in [-0.3, -0.25) is 0 Å². The van der Waals surface area contributed by atoms with E-state index in [4.69, 9.17) is 16.3 Å². The van der Waals surface area contributed by atoms with Gasteiger partial charge in [0.2, 0.25) is 0 Å². The van der Waals surface area contributed by atoms with Crippen LogP contribution in [0.5, 0.6) is 0 Å². The summed E-state index contributed by atoms with van der Waals surface area (Å²) in [7, 11) is 0. The topological polar surface area (TPSA) is 21.3 Å². The van der Waals surface area contributed by atoms with Crippen molar-refractivity contribution in [3.8, 4) is 0 Å². The third-order valence-corrected chi connectivity index (χ3v) is 2.56. The van der Waals surface area contributed by atoms with E-state index >= 15 is 0 Å². The standard InChI is InChI=1S/C10H11ClFNO/c11-8-5-7(1-2-9(8)12)10-6-14-4-3-13-10/h1-2,5,10,13H,3-4,6H2/t10-/m1/s1. The molecule has 0 unspecified atom stereocenters. The van der Waals surface area contributed by atoms with Crippen molar-refractivity contribution < 1.29 is 9.13 Å². The Labute approximate surface area is 87.0 Å². The van der Waals surface area contributed by atoms with Gasteiger partial charge in [0.05, 0.1) is 24.3 Å². The predicted molar refractivity (Wildman–Crippen MR) is 53.0 cm³/mol. The number of nitrogens with one attached hydrogen (secondary N) is 1. The number of rotatable bonds is 1. The van der Waals surface area contributed by atoms with E-state index in [0.717, 1.165) is 18.7 Å².